The molecule has 2 N–H and O–H groups in total. The van der Waals surface area contributed by atoms with Crippen molar-refractivity contribution in [1.29, 1.82) is 0 Å². The number of hydrogen-bond acceptors (Lipinski definition) is 2. The van der Waals surface area contributed by atoms with Crippen molar-refractivity contribution >= 4 is 17.5 Å². The third kappa shape index (κ3) is 4.59. The standard InChI is InChI=1S/C20H30N2O2/c1-12(2)21-19(23)16-6-8-17(9-7-16)20(24)22-18-14(4)10-13(3)11-15(18)5/h10-12,16-17H,6-9H2,1-5H3,(H,21,23)(H,22,24). The Morgan fingerprint density at radius 2 is 1.38 bits per heavy atom. The summed E-state index contributed by atoms with van der Waals surface area (Å²) in [4.78, 5) is 24.7. The highest BCUT2D eigenvalue weighted by Gasteiger charge is 2.30. The Bertz CT molecular complexity index is 591. The molecular formula is C20H30N2O2. The summed E-state index contributed by atoms with van der Waals surface area (Å²) in [5, 5.41) is 6.09. The highest BCUT2D eigenvalue weighted by atomic mass is 16.2. The summed E-state index contributed by atoms with van der Waals surface area (Å²) < 4.78 is 0. The lowest BCUT2D eigenvalue weighted by Gasteiger charge is -2.28. The van der Waals surface area contributed by atoms with Crippen molar-refractivity contribution in [3.05, 3.63) is 28.8 Å². The van der Waals surface area contributed by atoms with E-state index in [4.69, 9.17) is 0 Å². The summed E-state index contributed by atoms with van der Waals surface area (Å²) >= 11 is 0. The Hall–Kier alpha value is -1.84. The van der Waals surface area contributed by atoms with E-state index in [1.54, 1.807) is 0 Å². The second kappa shape index (κ2) is 7.82. The Morgan fingerprint density at radius 1 is 0.917 bits per heavy atom. The van der Waals surface area contributed by atoms with Gasteiger partial charge in [-0.05, 0) is 71.4 Å². The van der Waals surface area contributed by atoms with Gasteiger partial charge in [0.05, 0.1) is 0 Å². The van der Waals surface area contributed by atoms with Crippen LogP contribution in [0.25, 0.3) is 0 Å². The average Bonchev–Trinajstić information content (AvgIpc) is 2.50. The van der Waals surface area contributed by atoms with E-state index in [1.165, 1.54) is 5.56 Å². The van der Waals surface area contributed by atoms with Crippen molar-refractivity contribution in [3.8, 4) is 0 Å². The highest BCUT2D eigenvalue weighted by molar-refractivity contribution is 5.94. The van der Waals surface area contributed by atoms with Gasteiger partial charge in [0.1, 0.15) is 0 Å². The summed E-state index contributed by atoms with van der Waals surface area (Å²) in [5.74, 6) is 0.286. The van der Waals surface area contributed by atoms with Gasteiger partial charge in [-0.3, -0.25) is 9.59 Å². The van der Waals surface area contributed by atoms with Crippen LogP contribution >= 0.6 is 0 Å². The summed E-state index contributed by atoms with van der Waals surface area (Å²) in [7, 11) is 0. The molecule has 132 valence electrons. The molecule has 4 heteroatoms. The molecule has 1 saturated carbocycles. The van der Waals surface area contributed by atoms with Crippen LogP contribution in [0, 0.1) is 32.6 Å². The molecule has 1 aromatic rings. The molecule has 0 spiro atoms. The van der Waals surface area contributed by atoms with Crippen LogP contribution < -0.4 is 10.6 Å². The van der Waals surface area contributed by atoms with E-state index < -0.39 is 0 Å². The van der Waals surface area contributed by atoms with Crippen LogP contribution in [0.4, 0.5) is 5.69 Å². The van der Waals surface area contributed by atoms with Crippen molar-refractivity contribution in [2.24, 2.45) is 11.8 Å². The highest BCUT2D eigenvalue weighted by Crippen LogP contribution is 2.31. The Kier molecular flexibility index (Phi) is 6.03. The number of nitrogens with one attached hydrogen (secondary N) is 2. The molecule has 0 aromatic heterocycles. The van der Waals surface area contributed by atoms with Gasteiger partial charge in [-0.25, -0.2) is 0 Å². The van der Waals surface area contributed by atoms with E-state index in [2.05, 4.69) is 29.7 Å². The third-order valence-electron chi connectivity index (χ3n) is 4.82. The zero-order valence-electron chi connectivity index (χ0n) is 15.5. The molecule has 1 aliphatic carbocycles. The first kappa shape index (κ1) is 18.5. The van der Waals surface area contributed by atoms with Crippen LogP contribution in [0.15, 0.2) is 12.1 Å². The molecule has 0 heterocycles. The molecule has 1 aromatic carbocycles. The fourth-order valence-electron chi connectivity index (χ4n) is 3.62. The molecule has 4 nitrogen and oxygen atoms in total. The monoisotopic (exact) mass is 330 g/mol. The maximum absolute atomic E-state index is 12.6. The van der Waals surface area contributed by atoms with Crippen molar-refractivity contribution in [1.82, 2.24) is 5.32 Å². The Morgan fingerprint density at radius 3 is 1.83 bits per heavy atom. The van der Waals surface area contributed by atoms with Gasteiger partial charge in [-0.15, -0.1) is 0 Å². The van der Waals surface area contributed by atoms with Crippen LogP contribution in [0.5, 0.6) is 0 Å². The van der Waals surface area contributed by atoms with Crippen LogP contribution in [0.1, 0.15) is 56.2 Å². The Balaban J connectivity index is 1.93. The SMILES string of the molecule is Cc1cc(C)c(NC(=O)C2CCC(C(=O)NC(C)C)CC2)c(C)c1. The van der Waals surface area contributed by atoms with Gasteiger partial charge in [-0.2, -0.15) is 0 Å². The third-order valence-corrected chi connectivity index (χ3v) is 4.82. The largest absolute Gasteiger partial charge is 0.354 e. The normalized spacial score (nSPS) is 20.8. The average molecular weight is 330 g/mol. The molecule has 2 amide bonds. The fraction of sp³-hybridized carbons (Fsp3) is 0.600. The molecule has 0 unspecified atom stereocenters. The number of rotatable bonds is 4. The zero-order valence-corrected chi connectivity index (χ0v) is 15.5. The molecule has 0 bridgehead atoms. The predicted molar refractivity (Wildman–Crippen MR) is 98.0 cm³/mol. The molecule has 2 rings (SSSR count). The van der Waals surface area contributed by atoms with Gasteiger partial charge in [0.2, 0.25) is 11.8 Å². The second-order valence-corrected chi connectivity index (χ2v) is 7.47. The second-order valence-electron chi connectivity index (χ2n) is 7.47. The predicted octanol–water partition coefficient (Wildman–Crippen LogP) is 3.88. The molecule has 0 saturated heterocycles. The van der Waals surface area contributed by atoms with Gasteiger partial charge >= 0.3 is 0 Å². The minimum absolute atomic E-state index is 0.00760. The topological polar surface area (TPSA) is 58.2 Å². The van der Waals surface area contributed by atoms with E-state index >= 15 is 0 Å². The molecule has 24 heavy (non-hydrogen) atoms. The van der Waals surface area contributed by atoms with Crippen molar-refractivity contribution in [2.45, 2.75) is 66.3 Å². The molecular weight excluding hydrogens is 300 g/mol. The minimum Gasteiger partial charge on any atom is -0.354 e. The first-order valence-electron chi connectivity index (χ1n) is 8.97. The quantitative estimate of drug-likeness (QED) is 0.880. The first-order chi connectivity index (χ1) is 11.3. The molecule has 1 fully saturated rings. The van der Waals surface area contributed by atoms with E-state index in [0.717, 1.165) is 42.5 Å². The zero-order chi connectivity index (χ0) is 17.9. The van der Waals surface area contributed by atoms with Crippen molar-refractivity contribution in [2.75, 3.05) is 5.32 Å². The van der Waals surface area contributed by atoms with E-state index in [-0.39, 0.29) is 29.7 Å². The minimum atomic E-state index is 0.00760. The number of amides is 2. The smallest absolute Gasteiger partial charge is 0.227 e. The molecule has 0 atom stereocenters. The number of anilines is 1. The van der Waals surface area contributed by atoms with Crippen LogP contribution in [0.2, 0.25) is 0 Å². The molecule has 1 aliphatic rings. The molecule has 0 aliphatic heterocycles. The maximum Gasteiger partial charge on any atom is 0.227 e. The number of hydrogen-bond donors (Lipinski definition) is 2. The maximum atomic E-state index is 12.6. The van der Waals surface area contributed by atoms with Crippen LogP contribution in [-0.2, 0) is 9.59 Å². The van der Waals surface area contributed by atoms with Crippen LogP contribution in [-0.4, -0.2) is 17.9 Å². The van der Waals surface area contributed by atoms with Gasteiger partial charge in [0.25, 0.3) is 0 Å². The van der Waals surface area contributed by atoms with Crippen molar-refractivity contribution < 1.29 is 9.59 Å². The summed E-state index contributed by atoms with van der Waals surface area (Å²) in [5.41, 5.74) is 4.35. The van der Waals surface area contributed by atoms with E-state index in [0.29, 0.717) is 0 Å². The summed E-state index contributed by atoms with van der Waals surface area (Å²) in [6, 6.07) is 4.36. The lowest BCUT2D eigenvalue weighted by Crippen LogP contribution is -2.38. The lowest BCUT2D eigenvalue weighted by atomic mass is 9.81. The Labute approximate surface area is 145 Å². The van der Waals surface area contributed by atoms with Gasteiger partial charge in [-0.1, -0.05) is 17.7 Å². The number of aryl methyl sites for hydroxylation is 3. The number of carbonyl (C=O) groups excluding carboxylic acids is 2. The lowest BCUT2D eigenvalue weighted by molar-refractivity contribution is -0.128. The molecule has 0 radical (unpaired) electrons. The summed E-state index contributed by atoms with van der Waals surface area (Å²) in [6.07, 6.45) is 3.16. The fourth-order valence-corrected chi connectivity index (χ4v) is 3.62. The summed E-state index contributed by atoms with van der Waals surface area (Å²) in [6.45, 7) is 10.1. The van der Waals surface area contributed by atoms with E-state index in [9.17, 15) is 9.59 Å². The first-order valence-corrected chi connectivity index (χ1v) is 8.97. The van der Waals surface area contributed by atoms with Crippen LogP contribution in [0.3, 0.4) is 0 Å². The number of benzene rings is 1. The number of carbonyl (C=O) groups is 2. The van der Waals surface area contributed by atoms with Gasteiger partial charge in [0, 0.05) is 23.6 Å². The van der Waals surface area contributed by atoms with Gasteiger partial charge < -0.3 is 10.6 Å². The van der Waals surface area contributed by atoms with E-state index in [1.807, 2.05) is 27.7 Å². The van der Waals surface area contributed by atoms with Crippen molar-refractivity contribution in [3.63, 3.8) is 0 Å². The van der Waals surface area contributed by atoms with Gasteiger partial charge in [0.15, 0.2) is 0 Å².